The van der Waals surface area contributed by atoms with Crippen LogP contribution in [-0.2, 0) is 19.6 Å². The van der Waals surface area contributed by atoms with Crippen LogP contribution in [0.25, 0.3) is 0 Å². The number of carboxylic acid groups (broad SMARTS) is 1. The van der Waals surface area contributed by atoms with Crippen LogP contribution in [0.5, 0.6) is 0 Å². The number of aliphatic carboxylic acids is 1. The van der Waals surface area contributed by atoms with Crippen molar-refractivity contribution in [3.05, 3.63) is 30.3 Å². The first-order valence-electron chi connectivity index (χ1n) is 9.51. The molecule has 1 N–H and O–H groups in total. The van der Waals surface area contributed by atoms with Crippen molar-refractivity contribution >= 4 is 16.0 Å². The van der Waals surface area contributed by atoms with Gasteiger partial charge in [-0.3, -0.25) is 4.90 Å². The second-order valence-electron chi connectivity index (χ2n) is 7.50. The van der Waals surface area contributed by atoms with E-state index in [1.54, 1.807) is 35.7 Å². The first-order chi connectivity index (χ1) is 13.9. The van der Waals surface area contributed by atoms with Crippen LogP contribution in [0.15, 0.2) is 35.2 Å². The van der Waals surface area contributed by atoms with Crippen molar-refractivity contribution in [1.29, 1.82) is 0 Å². The maximum absolute atomic E-state index is 12.7. The normalized spacial score (nSPS) is 22.5. The van der Waals surface area contributed by atoms with Gasteiger partial charge < -0.3 is 9.84 Å². The Bertz CT molecular complexity index is 809. The highest BCUT2D eigenvalue weighted by Gasteiger charge is 2.47. The molecule has 3 rings (SSSR count). The van der Waals surface area contributed by atoms with Crippen LogP contribution in [0.4, 0.5) is 13.2 Å². The van der Waals surface area contributed by atoms with E-state index in [4.69, 9.17) is 14.6 Å². The molecule has 2 aliphatic rings. The average Bonchev–Trinajstić information content (AvgIpc) is 2.99. The minimum Gasteiger partial charge on any atom is -0.475 e. The van der Waals surface area contributed by atoms with Gasteiger partial charge in [0.05, 0.1) is 11.5 Å². The van der Waals surface area contributed by atoms with Crippen molar-refractivity contribution in [2.24, 2.45) is 0 Å². The van der Waals surface area contributed by atoms with Gasteiger partial charge in [-0.1, -0.05) is 18.2 Å². The number of alkyl halides is 3. The van der Waals surface area contributed by atoms with E-state index in [0.717, 1.165) is 32.3 Å². The number of ether oxygens (including phenoxy) is 1. The highest BCUT2D eigenvalue weighted by Crippen LogP contribution is 2.41. The summed E-state index contributed by atoms with van der Waals surface area (Å²) < 4.78 is 64.2. The number of carbonyl (C=O) groups is 1. The summed E-state index contributed by atoms with van der Waals surface area (Å²) in [4.78, 5) is 11.7. The van der Waals surface area contributed by atoms with Crippen molar-refractivity contribution in [3.63, 3.8) is 0 Å². The van der Waals surface area contributed by atoms with E-state index in [0.29, 0.717) is 24.0 Å². The van der Waals surface area contributed by atoms with Gasteiger partial charge in [-0.2, -0.15) is 17.5 Å². The zero-order valence-electron chi connectivity index (χ0n) is 16.9. The van der Waals surface area contributed by atoms with Crippen LogP contribution in [0.2, 0.25) is 0 Å². The Balaban J connectivity index is 0.000000396. The second-order valence-corrected chi connectivity index (χ2v) is 9.44. The molecule has 11 heteroatoms. The molecule has 0 bridgehead atoms. The summed E-state index contributed by atoms with van der Waals surface area (Å²) in [5.41, 5.74) is 0.145. The minimum absolute atomic E-state index is 0.145. The lowest BCUT2D eigenvalue weighted by Crippen LogP contribution is -2.53. The molecule has 1 aromatic rings. The predicted molar refractivity (Wildman–Crippen MR) is 104 cm³/mol. The fraction of sp³-hybridized carbons (Fsp3) is 0.632. The Morgan fingerprint density at radius 3 is 2.20 bits per heavy atom. The lowest BCUT2D eigenvalue weighted by molar-refractivity contribution is -0.192. The first kappa shape index (κ1) is 24.6. The molecular formula is C19H27F3N2O5S. The monoisotopic (exact) mass is 452 g/mol. The first-order valence-corrected chi connectivity index (χ1v) is 11.0. The van der Waals surface area contributed by atoms with Gasteiger partial charge in [0.25, 0.3) is 0 Å². The molecule has 0 saturated carbocycles. The van der Waals surface area contributed by atoms with Gasteiger partial charge in [-0.15, -0.1) is 0 Å². The number of nitrogens with zero attached hydrogens (tertiary/aromatic N) is 2. The highest BCUT2D eigenvalue weighted by molar-refractivity contribution is 7.89. The third kappa shape index (κ3) is 5.51. The summed E-state index contributed by atoms with van der Waals surface area (Å²) in [6, 6.07) is 9.20. The molecule has 2 saturated heterocycles. The molecule has 30 heavy (non-hydrogen) atoms. The Morgan fingerprint density at radius 1 is 1.20 bits per heavy atom. The van der Waals surface area contributed by atoms with E-state index in [1.807, 2.05) is 6.07 Å². The number of methoxy groups -OCH3 is 1. The van der Waals surface area contributed by atoms with Gasteiger partial charge in [-0.05, 0) is 44.9 Å². The second kappa shape index (κ2) is 9.63. The summed E-state index contributed by atoms with van der Waals surface area (Å²) in [6.07, 6.45) is -1.02. The number of hydrogen-bond acceptors (Lipinski definition) is 5. The van der Waals surface area contributed by atoms with E-state index in [2.05, 4.69) is 11.9 Å². The van der Waals surface area contributed by atoms with Crippen LogP contribution >= 0.6 is 0 Å². The molecule has 2 heterocycles. The number of halogens is 3. The molecule has 1 aromatic carbocycles. The molecule has 1 atom stereocenters. The predicted octanol–water partition coefficient (Wildman–Crippen LogP) is 2.58. The van der Waals surface area contributed by atoms with Crippen LogP contribution in [0.3, 0.4) is 0 Å². The van der Waals surface area contributed by atoms with Gasteiger partial charge in [0.15, 0.2) is 0 Å². The standard InChI is InChI=1S/C17H26N2O3S.C2HF3O2/c1-18-15(14-22-2)8-9-17(18)10-12-19(13-11-17)23(20,21)16-6-4-3-5-7-16;3-2(4,5)1(6)7/h3-7,15H,8-14H2,1-2H3;(H,6,7). The lowest BCUT2D eigenvalue weighted by atomic mass is 9.86. The Labute approximate surface area is 174 Å². The van der Waals surface area contributed by atoms with E-state index in [-0.39, 0.29) is 5.54 Å². The molecule has 170 valence electrons. The van der Waals surface area contributed by atoms with E-state index < -0.39 is 22.2 Å². The molecule has 2 aliphatic heterocycles. The molecule has 7 nitrogen and oxygen atoms in total. The Kier molecular flexibility index (Phi) is 7.89. The van der Waals surface area contributed by atoms with Gasteiger partial charge in [0, 0.05) is 31.8 Å². The number of benzene rings is 1. The number of rotatable bonds is 4. The molecule has 2 fully saturated rings. The molecular weight excluding hydrogens is 425 g/mol. The third-order valence-electron chi connectivity index (χ3n) is 5.87. The molecule has 1 spiro atoms. The van der Waals surface area contributed by atoms with Gasteiger partial charge >= 0.3 is 12.1 Å². The van der Waals surface area contributed by atoms with Crippen molar-refractivity contribution in [3.8, 4) is 0 Å². The quantitative estimate of drug-likeness (QED) is 0.756. The smallest absolute Gasteiger partial charge is 0.475 e. The Hall–Kier alpha value is -1.69. The summed E-state index contributed by atoms with van der Waals surface area (Å²) in [6.45, 7) is 1.95. The number of sulfonamides is 1. The minimum atomic E-state index is -5.08. The van der Waals surface area contributed by atoms with Crippen LogP contribution in [0.1, 0.15) is 25.7 Å². The van der Waals surface area contributed by atoms with Crippen LogP contribution < -0.4 is 0 Å². The van der Waals surface area contributed by atoms with Gasteiger partial charge in [0.2, 0.25) is 10.0 Å². The zero-order valence-corrected chi connectivity index (χ0v) is 17.7. The van der Waals surface area contributed by atoms with Crippen LogP contribution in [0, 0.1) is 0 Å². The number of carboxylic acids is 1. The molecule has 0 aliphatic carbocycles. The third-order valence-corrected chi connectivity index (χ3v) is 7.79. The summed E-state index contributed by atoms with van der Waals surface area (Å²) in [5.74, 6) is -2.76. The van der Waals surface area contributed by atoms with Crippen molar-refractivity contribution in [2.45, 2.75) is 48.3 Å². The fourth-order valence-electron chi connectivity index (χ4n) is 4.07. The van der Waals surface area contributed by atoms with Crippen molar-refractivity contribution in [1.82, 2.24) is 9.21 Å². The van der Waals surface area contributed by atoms with E-state index in [1.165, 1.54) is 0 Å². The van der Waals surface area contributed by atoms with E-state index in [9.17, 15) is 21.6 Å². The van der Waals surface area contributed by atoms with E-state index >= 15 is 0 Å². The van der Waals surface area contributed by atoms with Gasteiger partial charge in [-0.25, -0.2) is 13.2 Å². The zero-order chi connectivity index (χ0) is 22.6. The topological polar surface area (TPSA) is 87.2 Å². The average molecular weight is 452 g/mol. The SMILES string of the molecule is COCC1CCC2(CCN(S(=O)(=O)c3ccccc3)CC2)N1C.O=C(O)C(F)(F)F. The molecule has 0 amide bonds. The van der Waals surface area contributed by atoms with Crippen molar-refractivity contribution < 1.29 is 36.2 Å². The Morgan fingerprint density at radius 2 is 1.73 bits per heavy atom. The van der Waals surface area contributed by atoms with Crippen molar-refractivity contribution in [2.75, 3.05) is 33.9 Å². The maximum atomic E-state index is 12.7. The highest BCUT2D eigenvalue weighted by atomic mass is 32.2. The fourth-order valence-corrected chi connectivity index (χ4v) is 5.53. The number of likely N-dealkylation sites (N-methyl/N-ethyl adjacent to an activating group) is 1. The summed E-state index contributed by atoms with van der Waals surface area (Å²) in [5, 5.41) is 7.12. The van der Waals surface area contributed by atoms with Crippen LogP contribution in [-0.4, -0.2) is 80.3 Å². The summed E-state index contributed by atoms with van der Waals surface area (Å²) >= 11 is 0. The number of likely N-dealkylation sites (tertiary alicyclic amines) is 1. The lowest BCUT2D eigenvalue weighted by Gasteiger charge is -2.44. The van der Waals surface area contributed by atoms with Gasteiger partial charge in [0.1, 0.15) is 0 Å². The molecule has 1 unspecified atom stereocenters. The molecule has 0 radical (unpaired) electrons. The largest absolute Gasteiger partial charge is 0.490 e. The summed E-state index contributed by atoms with van der Waals surface area (Å²) in [7, 11) is 0.549. The number of piperidine rings is 1. The molecule has 0 aromatic heterocycles. The number of hydrogen-bond donors (Lipinski definition) is 1. The maximum Gasteiger partial charge on any atom is 0.490 e.